The topological polar surface area (TPSA) is 116 Å². The Labute approximate surface area is 238 Å². The zero-order valence-corrected chi connectivity index (χ0v) is 24.1. The van der Waals surface area contributed by atoms with Gasteiger partial charge in [0, 0.05) is 0 Å². The Hall–Kier alpha value is -3.68. The van der Waals surface area contributed by atoms with Crippen LogP contribution in [0.5, 0.6) is 0 Å². The summed E-state index contributed by atoms with van der Waals surface area (Å²) in [5.74, 6) is -2.61. The molecule has 0 saturated heterocycles. The second-order valence-corrected chi connectivity index (χ2v) is 9.28. The fourth-order valence-corrected chi connectivity index (χ4v) is 3.59. The number of benzene rings is 2. The third-order valence-electron chi connectivity index (χ3n) is 5.94. The van der Waals surface area contributed by atoms with Crippen LogP contribution in [0.25, 0.3) is 0 Å². The van der Waals surface area contributed by atoms with Crippen LogP contribution in [-0.2, 0) is 14.2 Å². The second-order valence-electron chi connectivity index (χ2n) is 9.28. The predicted octanol–water partition coefficient (Wildman–Crippen LogP) is 7.50. The minimum Gasteiger partial charge on any atom is -0.478 e. The van der Waals surface area contributed by atoms with Gasteiger partial charge in [-0.05, 0) is 43.5 Å². The van der Waals surface area contributed by atoms with E-state index in [0.717, 1.165) is 44.9 Å². The maximum atomic E-state index is 11.9. The van der Waals surface area contributed by atoms with E-state index in [-0.39, 0.29) is 22.3 Å². The molecule has 0 aliphatic rings. The molecule has 0 amide bonds. The number of carbonyl (C=O) groups excluding carboxylic acids is 3. The van der Waals surface area contributed by atoms with Crippen LogP contribution in [-0.4, -0.2) is 48.8 Å². The van der Waals surface area contributed by atoms with Gasteiger partial charge in [-0.3, -0.25) is 0 Å². The van der Waals surface area contributed by atoms with Crippen molar-refractivity contribution >= 4 is 23.9 Å². The van der Waals surface area contributed by atoms with Crippen LogP contribution in [0, 0.1) is 0 Å². The van der Waals surface area contributed by atoms with E-state index < -0.39 is 23.9 Å². The van der Waals surface area contributed by atoms with Crippen molar-refractivity contribution in [1.29, 1.82) is 0 Å². The fraction of sp³-hybridized carbons (Fsp3) is 0.500. The van der Waals surface area contributed by atoms with Gasteiger partial charge in [-0.15, -0.1) is 0 Å². The maximum Gasteiger partial charge on any atom is 0.339 e. The molecule has 0 spiro atoms. The Morgan fingerprint density at radius 1 is 0.500 bits per heavy atom. The highest BCUT2D eigenvalue weighted by atomic mass is 16.5. The molecule has 0 fully saturated rings. The average molecular weight is 557 g/mol. The molecule has 2 aromatic rings. The molecule has 0 unspecified atom stereocenters. The molecular weight excluding hydrogens is 512 g/mol. The van der Waals surface area contributed by atoms with Crippen LogP contribution in [0.15, 0.2) is 48.5 Å². The number of ether oxygens (including phenoxy) is 3. The van der Waals surface area contributed by atoms with E-state index in [1.54, 1.807) is 36.4 Å². The van der Waals surface area contributed by atoms with E-state index in [9.17, 15) is 19.2 Å². The Kier molecular flexibility index (Phi) is 18.2. The Morgan fingerprint density at radius 2 is 0.825 bits per heavy atom. The van der Waals surface area contributed by atoms with Crippen molar-refractivity contribution in [3.05, 3.63) is 70.8 Å². The molecule has 8 nitrogen and oxygen atoms in total. The molecule has 1 N–H and O–H groups in total. The van der Waals surface area contributed by atoms with Gasteiger partial charge in [0.15, 0.2) is 0 Å². The number of carboxylic acid groups (broad SMARTS) is 1. The third kappa shape index (κ3) is 13.4. The number of esters is 3. The molecule has 0 radical (unpaired) electrons. The monoisotopic (exact) mass is 556 g/mol. The zero-order chi connectivity index (χ0) is 29.6. The SMILES string of the molecule is CCCCCCCCOC(=O)c1ccccc1C(=O)O.CCCCOC(=O)c1ccccc1C(=O)OCCCC. The summed E-state index contributed by atoms with van der Waals surface area (Å²) in [6.07, 6.45) is 10.2. The number of rotatable bonds is 17. The summed E-state index contributed by atoms with van der Waals surface area (Å²) in [6, 6.07) is 12.7. The molecule has 0 bridgehead atoms. The van der Waals surface area contributed by atoms with E-state index in [4.69, 9.17) is 19.3 Å². The number of hydrogen-bond acceptors (Lipinski definition) is 7. The van der Waals surface area contributed by atoms with Gasteiger partial charge in [0.05, 0.1) is 42.1 Å². The standard InChI is InChI=1S/2C16H22O4/c1-3-5-11-19-15(17)13-9-7-8-10-14(13)16(18)20-12-6-4-2;1-2-3-4-5-6-9-12-20-16(19)14-11-8-7-10-13(14)15(17)18/h7-10H,3-6,11-12H2,1-2H3;7-8,10-11H,2-6,9,12H2,1H3,(H,17,18). The normalized spacial score (nSPS) is 10.2. The van der Waals surface area contributed by atoms with Crippen LogP contribution in [0.2, 0.25) is 0 Å². The lowest BCUT2D eigenvalue weighted by Crippen LogP contribution is -2.14. The summed E-state index contributed by atoms with van der Waals surface area (Å²) in [7, 11) is 0. The summed E-state index contributed by atoms with van der Waals surface area (Å²) in [6.45, 7) is 7.30. The van der Waals surface area contributed by atoms with Gasteiger partial charge in [-0.25, -0.2) is 19.2 Å². The Bertz CT molecular complexity index is 1010. The molecular formula is C32H44O8. The molecule has 2 rings (SSSR count). The molecule has 8 heteroatoms. The molecule has 0 atom stereocenters. The molecule has 0 aliphatic carbocycles. The Balaban J connectivity index is 0.000000400. The first-order valence-corrected chi connectivity index (χ1v) is 14.3. The second kappa shape index (κ2) is 21.2. The van der Waals surface area contributed by atoms with Crippen molar-refractivity contribution in [3.8, 4) is 0 Å². The maximum absolute atomic E-state index is 11.9. The van der Waals surface area contributed by atoms with Crippen LogP contribution in [0.4, 0.5) is 0 Å². The number of carbonyl (C=O) groups is 4. The van der Waals surface area contributed by atoms with Crippen molar-refractivity contribution in [1.82, 2.24) is 0 Å². The molecule has 0 heterocycles. The van der Waals surface area contributed by atoms with Gasteiger partial charge >= 0.3 is 23.9 Å². The van der Waals surface area contributed by atoms with Crippen molar-refractivity contribution in [3.63, 3.8) is 0 Å². The minimum absolute atomic E-state index is 0.0135. The first-order chi connectivity index (χ1) is 19.4. The zero-order valence-electron chi connectivity index (χ0n) is 24.1. The van der Waals surface area contributed by atoms with E-state index in [0.29, 0.717) is 19.8 Å². The first-order valence-electron chi connectivity index (χ1n) is 14.3. The number of unbranched alkanes of at least 4 members (excludes halogenated alkanes) is 7. The number of hydrogen-bond donors (Lipinski definition) is 1. The number of carboxylic acids is 1. The van der Waals surface area contributed by atoms with Crippen LogP contribution < -0.4 is 0 Å². The molecule has 40 heavy (non-hydrogen) atoms. The molecule has 0 saturated carbocycles. The lowest BCUT2D eigenvalue weighted by atomic mass is 10.1. The lowest BCUT2D eigenvalue weighted by Gasteiger charge is -2.09. The predicted molar refractivity (Wildman–Crippen MR) is 154 cm³/mol. The molecule has 0 aliphatic heterocycles. The molecule has 2 aromatic carbocycles. The van der Waals surface area contributed by atoms with E-state index >= 15 is 0 Å². The fourth-order valence-electron chi connectivity index (χ4n) is 3.59. The van der Waals surface area contributed by atoms with Gasteiger partial charge < -0.3 is 19.3 Å². The van der Waals surface area contributed by atoms with Crippen molar-refractivity contribution in [2.75, 3.05) is 19.8 Å². The average Bonchev–Trinajstić information content (AvgIpc) is 2.97. The van der Waals surface area contributed by atoms with Gasteiger partial charge in [0.25, 0.3) is 0 Å². The lowest BCUT2D eigenvalue weighted by molar-refractivity contribution is 0.0452. The van der Waals surface area contributed by atoms with Crippen LogP contribution in [0.1, 0.15) is 126 Å². The van der Waals surface area contributed by atoms with Gasteiger partial charge in [0.1, 0.15) is 0 Å². The third-order valence-corrected chi connectivity index (χ3v) is 5.94. The van der Waals surface area contributed by atoms with Gasteiger partial charge in [-0.2, -0.15) is 0 Å². The van der Waals surface area contributed by atoms with E-state index in [1.807, 2.05) is 13.8 Å². The molecule has 0 aromatic heterocycles. The van der Waals surface area contributed by atoms with E-state index in [2.05, 4.69) is 6.92 Å². The van der Waals surface area contributed by atoms with Crippen molar-refractivity contribution in [2.24, 2.45) is 0 Å². The summed E-state index contributed by atoms with van der Waals surface area (Å²) in [4.78, 5) is 46.7. The van der Waals surface area contributed by atoms with Crippen molar-refractivity contribution < 1.29 is 38.5 Å². The minimum atomic E-state index is -1.11. The highest BCUT2D eigenvalue weighted by Crippen LogP contribution is 2.13. The quantitative estimate of drug-likeness (QED) is 0.121. The van der Waals surface area contributed by atoms with E-state index in [1.165, 1.54) is 31.4 Å². The summed E-state index contributed by atoms with van der Waals surface area (Å²) in [5.41, 5.74) is 0.640. The largest absolute Gasteiger partial charge is 0.478 e. The van der Waals surface area contributed by atoms with Gasteiger partial charge in [0.2, 0.25) is 0 Å². The smallest absolute Gasteiger partial charge is 0.339 e. The van der Waals surface area contributed by atoms with Crippen molar-refractivity contribution in [2.45, 2.75) is 85.0 Å². The highest BCUT2D eigenvalue weighted by molar-refractivity contribution is 6.03. The summed E-state index contributed by atoms with van der Waals surface area (Å²) >= 11 is 0. The number of aromatic carboxylic acids is 1. The van der Waals surface area contributed by atoms with Crippen LogP contribution >= 0.6 is 0 Å². The van der Waals surface area contributed by atoms with Gasteiger partial charge in [-0.1, -0.05) is 90.0 Å². The van der Waals surface area contributed by atoms with Crippen LogP contribution in [0.3, 0.4) is 0 Å². The first kappa shape index (κ1) is 34.3. The summed E-state index contributed by atoms with van der Waals surface area (Å²) < 4.78 is 15.4. The Morgan fingerprint density at radius 3 is 1.23 bits per heavy atom. The summed E-state index contributed by atoms with van der Waals surface area (Å²) in [5, 5.41) is 9.00. The highest BCUT2D eigenvalue weighted by Gasteiger charge is 2.19. The molecule has 220 valence electrons.